The maximum Gasteiger partial charge on any atom is 0.303 e. The van der Waals surface area contributed by atoms with Gasteiger partial charge in [-0.05, 0) is 49.4 Å². The molecule has 0 fully saturated rings. The number of methoxy groups -OCH3 is 1. The lowest BCUT2D eigenvalue weighted by atomic mass is 10.2. The quantitative estimate of drug-likeness (QED) is 0.237. The van der Waals surface area contributed by atoms with Crippen molar-refractivity contribution in [3.05, 3.63) is 86.1 Å². The molecule has 0 aliphatic rings. The average molecular weight is 512 g/mol. The second-order valence-corrected chi connectivity index (χ2v) is 8.36. The van der Waals surface area contributed by atoms with Gasteiger partial charge in [0.15, 0.2) is 17.0 Å². The van der Waals surface area contributed by atoms with Gasteiger partial charge in [0.05, 0.1) is 22.9 Å². The fraction of sp³-hybridized carbons (Fsp3) is 0.0800. The second-order valence-electron chi connectivity index (χ2n) is 7.11. The lowest BCUT2D eigenvalue weighted by Gasteiger charge is -2.14. The predicted molar refractivity (Wildman–Crippen MR) is 138 cm³/mol. The van der Waals surface area contributed by atoms with E-state index in [2.05, 4.69) is 10.9 Å². The molecule has 0 aliphatic heterocycles. The van der Waals surface area contributed by atoms with Crippen LogP contribution in [0, 0.1) is 12.3 Å². The van der Waals surface area contributed by atoms with Gasteiger partial charge in [0, 0.05) is 16.3 Å². The molecule has 4 rings (SSSR count). The molecule has 2 heterocycles. The highest BCUT2D eigenvalue weighted by Gasteiger charge is 2.23. The van der Waals surface area contributed by atoms with Crippen molar-refractivity contribution in [1.82, 2.24) is 19.1 Å². The highest BCUT2D eigenvalue weighted by Crippen LogP contribution is 2.32. The van der Waals surface area contributed by atoms with Crippen LogP contribution in [0.1, 0.15) is 6.92 Å². The van der Waals surface area contributed by atoms with E-state index in [0.29, 0.717) is 27.0 Å². The average Bonchev–Trinajstić information content (AvgIpc) is 3.21. The van der Waals surface area contributed by atoms with Crippen molar-refractivity contribution in [2.75, 3.05) is 7.11 Å². The maximum absolute atomic E-state index is 13.8. The van der Waals surface area contributed by atoms with Gasteiger partial charge < -0.3 is 4.74 Å². The topological polar surface area (TPSA) is 61.9 Å². The third kappa shape index (κ3) is 4.34. The molecule has 170 valence electrons. The number of fused-ring (bicyclic) bond motifs is 1. The fourth-order valence-electron chi connectivity index (χ4n) is 3.43. The molecule has 0 aliphatic carbocycles. The number of rotatable bonds is 5. The van der Waals surface area contributed by atoms with Gasteiger partial charge in [-0.2, -0.15) is 4.98 Å². The molecule has 0 spiro atoms. The number of terminal acetylenes is 1. The zero-order valence-corrected chi connectivity index (χ0v) is 20.4. The minimum absolute atomic E-state index is 0.120. The van der Waals surface area contributed by atoms with Crippen LogP contribution in [-0.4, -0.2) is 26.2 Å². The minimum Gasteiger partial charge on any atom is -0.468 e. The summed E-state index contributed by atoms with van der Waals surface area (Å²) in [6.45, 7) is 1.73. The number of halogens is 3. The zero-order valence-electron chi connectivity index (χ0n) is 18.1. The zero-order chi connectivity index (χ0) is 24.4. The summed E-state index contributed by atoms with van der Waals surface area (Å²) in [7, 11) is 1.48. The number of nitrogens with zero attached hydrogens (tertiary/aromatic N) is 4. The van der Waals surface area contributed by atoms with E-state index in [-0.39, 0.29) is 22.4 Å². The first-order valence-electron chi connectivity index (χ1n) is 9.97. The Balaban J connectivity index is 2.13. The monoisotopic (exact) mass is 510 g/mol. The van der Waals surface area contributed by atoms with Crippen molar-refractivity contribution in [3.8, 4) is 35.4 Å². The molecule has 34 heavy (non-hydrogen) atoms. The Bertz CT molecular complexity index is 1560. The van der Waals surface area contributed by atoms with Gasteiger partial charge >= 0.3 is 6.01 Å². The van der Waals surface area contributed by atoms with Gasteiger partial charge in [-0.15, -0.1) is 6.42 Å². The molecule has 0 atom stereocenters. The van der Waals surface area contributed by atoms with E-state index in [0.717, 1.165) is 5.69 Å². The van der Waals surface area contributed by atoms with Crippen molar-refractivity contribution in [2.45, 2.75) is 6.92 Å². The molecule has 9 heteroatoms. The number of hydrogen-bond acceptors (Lipinski definition) is 4. The van der Waals surface area contributed by atoms with Crippen molar-refractivity contribution >= 4 is 51.7 Å². The molecule has 2 aromatic carbocycles. The van der Waals surface area contributed by atoms with Crippen LogP contribution < -0.4 is 10.3 Å². The van der Waals surface area contributed by atoms with E-state index in [1.165, 1.54) is 17.8 Å². The Hall–Kier alpha value is -3.50. The van der Waals surface area contributed by atoms with Crippen LogP contribution in [0.5, 0.6) is 6.01 Å². The molecule has 0 saturated carbocycles. The first-order valence-corrected chi connectivity index (χ1v) is 11.1. The Morgan fingerprint density at radius 1 is 1.12 bits per heavy atom. The molecule has 6 nitrogen and oxygen atoms in total. The molecule has 0 radical (unpaired) electrons. The van der Waals surface area contributed by atoms with Gasteiger partial charge in [-0.25, -0.2) is 9.55 Å². The third-order valence-electron chi connectivity index (χ3n) is 4.98. The van der Waals surface area contributed by atoms with E-state index in [9.17, 15) is 4.79 Å². The summed E-state index contributed by atoms with van der Waals surface area (Å²) in [5, 5.41) is 0.966. The number of ether oxygens (including phenoxy) is 1. The van der Waals surface area contributed by atoms with E-state index in [1.54, 1.807) is 35.8 Å². The van der Waals surface area contributed by atoms with E-state index in [4.69, 9.17) is 50.9 Å². The summed E-state index contributed by atoms with van der Waals surface area (Å²) >= 11 is 18.6. The molecular formula is C25H17Cl3N4O2. The van der Waals surface area contributed by atoms with E-state index >= 15 is 0 Å². The van der Waals surface area contributed by atoms with Gasteiger partial charge in [-0.1, -0.05) is 58.9 Å². The van der Waals surface area contributed by atoms with Crippen LogP contribution in [0.4, 0.5) is 0 Å². The number of imidazole rings is 1. The highest BCUT2D eigenvalue weighted by atomic mass is 35.5. The SMILES string of the molecule is C#C/C(Cl)=C\C=C(/C)n1c(-c2ccc(Cl)cc2Cl)nc2c(nc(OC)n2-c2ccccc2)c1=O. The molecule has 2 aromatic heterocycles. The van der Waals surface area contributed by atoms with Crippen LogP contribution in [0.25, 0.3) is 33.9 Å². The Labute approximate surface area is 210 Å². The number of aromatic nitrogens is 4. The molecule has 0 bridgehead atoms. The second kappa shape index (κ2) is 9.78. The molecule has 0 amide bonds. The Morgan fingerprint density at radius 2 is 1.85 bits per heavy atom. The summed E-state index contributed by atoms with van der Waals surface area (Å²) in [4.78, 5) is 23.0. The smallest absolute Gasteiger partial charge is 0.303 e. The maximum atomic E-state index is 13.8. The molecule has 0 unspecified atom stereocenters. The molecule has 0 N–H and O–H groups in total. The third-order valence-corrected chi connectivity index (χ3v) is 5.76. The summed E-state index contributed by atoms with van der Waals surface area (Å²) in [6.07, 6.45) is 8.47. The van der Waals surface area contributed by atoms with Crippen LogP contribution in [0.3, 0.4) is 0 Å². The van der Waals surface area contributed by atoms with E-state index < -0.39 is 5.56 Å². The normalized spacial score (nSPS) is 12.1. The van der Waals surface area contributed by atoms with Crippen LogP contribution in [0.2, 0.25) is 10.0 Å². The first-order chi connectivity index (χ1) is 16.3. The standard InChI is InChI=1S/C25H17Cl3N4O2/c1-4-16(26)11-10-15(2)31-22(19-13-12-17(27)14-20(19)28)30-23-21(24(31)33)29-25(34-3)32(23)18-8-6-5-7-9-18/h1,5-14H,2-3H3/b15-10+,16-11+. The first kappa shape index (κ1) is 23.7. The molecular weight excluding hydrogens is 495 g/mol. The number of allylic oxidation sites excluding steroid dienone is 4. The number of para-hydroxylation sites is 1. The minimum atomic E-state index is -0.419. The van der Waals surface area contributed by atoms with Gasteiger partial charge in [0.25, 0.3) is 5.56 Å². The van der Waals surface area contributed by atoms with Gasteiger partial charge in [0.1, 0.15) is 0 Å². The van der Waals surface area contributed by atoms with Gasteiger partial charge in [0.2, 0.25) is 0 Å². The fourth-order valence-corrected chi connectivity index (χ4v) is 3.99. The number of hydrogen-bond donors (Lipinski definition) is 0. The lowest BCUT2D eigenvalue weighted by molar-refractivity contribution is 0.375. The summed E-state index contributed by atoms with van der Waals surface area (Å²) in [5.41, 5.74) is 1.75. The molecule has 4 aromatic rings. The summed E-state index contributed by atoms with van der Waals surface area (Å²) < 4.78 is 8.54. The van der Waals surface area contributed by atoms with Crippen molar-refractivity contribution in [1.29, 1.82) is 0 Å². The summed E-state index contributed by atoms with van der Waals surface area (Å²) in [6, 6.07) is 14.5. The highest BCUT2D eigenvalue weighted by molar-refractivity contribution is 6.36. The van der Waals surface area contributed by atoms with Crippen LogP contribution in [-0.2, 0) is 0 Å². The Morgan fingerprint density at radius 3 is 2.50 bits per heavy atom. The van der Waals surface area contributed by atoms with Crippen molar-refractivity contribution < 1.29 is 4.74 Å². The lowest BCUT2D eigenvalue weighted by Crippen LogP contribution is -2.22. The Kier molecular flexibility index (Phi) is 6.80. The largest absolute Gasteiger partial charge is 0.468 e. The number of benzene rings is 2. The van der Waals surface area contributed by atoms with Gasteiger partial charge in [-0.3, -0.25) is 9.36 Å². The molecule has 0 saturated heterocycles. The van der Waals surface area contributed by atoms with Crippen LogP contribution in [0.15, 0.2) is 70.5 Å². The van der Waals surface area contributed by atoms with Crippen molar-refractivity contribution in [3.63, 3.8) is 0 Å². The van der Waals surface area contributed by atoms with Crippen LogP contribution >= 0.6 is 34.8 Å². The predicted octanol–water partition coefficient (Wildman–Crippen LogP) is 6.18. The summed E-state index contributed by atoms with van der Waals surface area (Å²) in [5.74, 6) is 2.61. The van der Waals surface area contributed by atoms with Crippen molar-refractivity contribution in [2.24, 2.45) is 0 Å². The van der Waals surface area contributed by atoms with E-state index in [1.807, 2.05) is 30.3 Å².